The third-order valence-electron chi connectivity index (χ3n) is 6.39. The molecule has 1 heterocycles. The van der Waals surface area contributed by atoms with Crippen LogP contribution in [-0.2, 0) is 6.61 Å². The minimum Gasteiger partial charge on any atom is -0.493 e. The fourth-order valence-electron chi connectivity index (χ4n) is 4.24. The molecule has 0 saturated carbocycles. The minimum absolute atomic E-state index is 0.133. The monoisotopic (exact) mass is 555 g/mol. The predicted octanol–water partition coefficient (Wildman–Crippen LogP) is 8.15. The highest BCUT2D eigenvalue weighted by molar-refractivity contribution is 6.00. The zero-order valence-electron chi connectivity index (χ0n) is 22.6. The van der Waals surface area contributed by atoms with Crippen LogP contribution in [0.4, 0.5) is 25.0 Å². The van der Waals surface area contributed by atoms with E-state index in [1.54, 1.807) is 31.5 Å². The van der Waals surface area contributed by atoms with Gasteiger partial charge in [-0.3, -0.25) is 4.98 Å². The summed E-state index contributed by atoms with van der Waals surface area (Å²) >= 11 is 0. The van der Waals surface area contributed by atoms with Crippen LogP contribution < -0.4 is 24.8 Å². The smallest absolute Gasteiger partial charge is 0.323 e. The first-order chi connectivity index (χ1) is 19.8. The number of carbonyl (C=O) groups excluding carboxylic acids is 1. The maximum absolute atomic E-state index is 13.9. The molecular formula is C32H27F2N3O4. The largest absolute Gasteiger partial charge is 0.493 e. The fourth-order valence-corrected chi connectivity index (χ4v) is 4.24. The molecule has 0 bridgehead atoms. The average molecular weight is 556 g/mol. The van der Waals surface area contributed by atoms with Crippen LogP contribution in [0.5, 0.6) is 23.0 Å². The van der Waals surface area contributed by atoms with Gasteiger partial charge in [0.15, 0.2) is 11.5 Å². The van der Waals surface area contributed by atoms with Gasteiger partial charge in [-0.25, -0.2) is 13.6 Å². The molecule has 0 aliphatic rings. The Hall–Kier alpha value is -5.18. The summed E-state index contributed by atoms with van der Waals surface area (Å²) in [6.07, 6.45) is 1.65. The Kier molecular flexibility index (Phi) is 7.96. The van der Waals surface area contributed by atoms with Crippen LogP contribution in [0.25, 0.3) is 10.9 Å². The van der Waals surface area contributed by atoms with E-state index >= 15 is 0 Å². The van der Waals surface area contributed by atoms with Crippen molar-refractivity contribution in [1.82, 2.24) is 4.98 Å². The van der Waals surface area contributed by atoms with Crippen molar-refractivity contribution >= 4 is 28.3 Å². The molecule has 1 aromatic heterocycles. The molecule has 4 aromatic carbocycles. The second-order valence-corrected chi connectivity index (χ2v) is 9.34. The molecule has 2 amide bonds. The summed E-state index contributed by atoms with van der Waals surface area (Å²) < 4.78 is 45.0. The lowest BCUT2D eigenvalue weighted by atomic mass is 10.1. The van der Waals surface area contributed by atoms with E-state index in [0.29, 0.717) is 52.4 Å². The first-order valence-corrected chi connectivity index (χ1v) is 12.8. The molecule has 0 aliphatic heterocycles. The molecule has 9 heteroatoms. The van der Waals surface area contributed by atoms with E-state index in [9.17, 15) is 13.6 Å². The number of hydrogen-bond acceptors (Lipinski definition) is 5. The summed E-state index contributed by atoms with van der Waals surface area (Å²) in [5, 5.41) is 5.82. The summed E-state index contributed by atoms with van der Waals surface area (Å²) in [5.74, 6) is 0.655. The summed E-state index contributed by atoms with van der Waals surface area (Å²) in [7, 11) is 1.58. The Morgan fingerprint density at radius 1 is 0.805 bits per heavy atom. The summed E-state index contributed by atoms with van der Waals surface area (Å²) in [5.41, 5.74) is 3.54. The highest BCUT2D eigenvalue weighted by Crippen LogP contribution is 2.38. The predicted molar refractivity (Wildman–Crippen MR) is 154 cm³/mol. The molecule has 208 valence electrons. The van der Waals surface area contributed by atoms with Gasteiger partial charge in [0, 0.05) is 29.4 Å². The van der Waals surface area contributed by atoms with E-state index in [1.807, 2.05) is 56.3 Å². The third kappa shape index (κ3) is 6.36. The van der Waals surface area contributed by atoms with Crippen LogP contribution in [-0.4, -0.2) is 18.1 Å². The lowest BCUT2D eigenvalue weighted by Crippen LogP contribution is -2.20. The van der Waals surface area contributed by atoms with Crippen molar-refractivity contribution < 1.29 is 27.8 Å². The SMILES string of the molecule is COc1cc2c(Oc3cc(C)c(NC(=O)Nc4ccc(F)cc4F)cc3C)ccnc2cc1OCc1ccccc1. The molecule has 7 nitrogen and oxygen atoms in total. The first-order valence-electron chi connectivity index (χ1n) is 12.8. The number of urea groups is 1. The lowest BCUT2D eigenvalue weighted by molar-refractivity contribution is 0.262. The number of aromatic nitrogens is 1. The Labute approximate surface area is 235 Å². The number of fused-ring (bicyclic) bond motifs is 1. The molecule has 0 aliphatic carbocycles. The van der Waals surface area contributed by atoms with E-state index in [0.717, 1.165) is 28.6 Å². The van der Waals surface area contributed by atoms with Crippen molar-refractivity contribution in [1.29, 1.82) is 0 Å². The standard InChI is InChI=1S/C32H27F2N3O4/c1-19-14-29(20(2)13-26(19)37-32(38)36-25-10-9-22(33)15-24(25)34)41-28-11-12-35-27-17-31(30(39-3)16-23(27)28)40-18-21-7-5-4-6-8-21/h4-17H,18H2,1-3H3,(H2,36,37,38). The Morgan fingerprint density at radius 3 is 2.34 bits per heavy atom. The number of benzene rings is 4. The number of rotatable bonds is 8. The number of nitrogens with one attached hydrogen (secondary N) is 2. The second kappa shape index (κ2) is 11.9. The second-order valence-electron chi connectivity index (χ2n) is 9.34. The Morgan fingerprint density at radius 2 is 1.59 bits per heavy atom. The van der Waals surface area contributed by atoms with Crippen molar-refractivity contribution in [2.45, 2.75) is 20.5 Å². The molecule has 0 fully saturated rings. The molecule has 0 unspecified atom stereocenters. The van der Waals surface area contributed by atoms with Gasteiger partial charge < -0.3 is 24.8 Å². The maximum atomic E-state index is 13.9. The zero-order valence-corrected chi connectivity index (χ0v) is 22.6. The summed E-state index contributed by atoms with van der Waals surface area (Å²) in [4.78, 5) is 17.0. The fraction of sp³-hybridized carbons (Fsp3) is 0.125. The average Bonchev–Trinajstić information content (AvgIpc) is 2.96. The number of ether oxygens (including phenoxy) is 3. The normalized spacial score (nSPS) is 10.8. The molecule has 5 rings (SSSR count). The number of nitrogens with zero attached hydrogens (tertiary/aromatic N) is 1. The Balaban J connectivity index is 1.35. The van der Waals surface area contributed by atoms with E-state index < -0.39 is 17.7 Å². The molecule has 0 radical (unpaired) electrons. The highest BCUT2D eigenvalue weighted by atomic mass is 19.1. The van der Waals surface area contributed by atoms with Crippen LogP contribution in [0.15, 0.2) is 85.1 Å². The number of amides is 2. The topological polar surface area (TPSA) is 81.7 Å². The zero-order chi connectivity index (χ0) is 28.9. The van der Waals surface area contributed by atoms with Crippen molar-refractivity contribution in [3.05, 3.63) is 113 Å². The third-order valence-corrected chi connectivity index (χ3v) is 6.39. The van der Waals surface area contributed by atoms with Crippen LogP contribution in [0.1, 0.15) is 16.7 Å². The highest BCUT2D eigenvalue weighted by Gasteiger charge is 2.15. The molecule has 2 N–H and O–H groups in total. The van der Waals surface area contributed by atoms with Crippen molar-refractivity contribution in [2.75, 3.05) is 17.7 Å². The van der Waals surface area contributed by atoms with Gasteiger partial charge in [-0.1, -0.05) is 30.3 Å². The van der Waals surface area contributed by atoms with Crippen molar-refractivity contribution in [3.8, 4) is 23.0 Å². The van der Waals surface area contributed by atoms with Crippen molar-refractivity contribution in [3.63, 3.8) is 0 Å². The van der Waals surface area contributed by atoms with Gasteiger partial charge in [-0.15, -0.1) is 0 Å². The van der Waals surface area contributed by atoms with Crippen LogP contribution in [0.2, 0.25) is 0 Å². The van der Waals surface area contributed by atoms with Gasteiger partial charge in [0.1, 0.15) is 29.7 Å². The number of methoxy groups -OCH3 is 1. The van der Waals surface area contributed by atoms with Gasteiger partial charge in [0.05, 0.1) is 18.3 Å². The summed E-state index contributed by atoms with van der Waals surface area (Å²) in [6.45, 7) is 4.04. The number of halogens is 2. The molecule has 0 atom stereocenters. The van der Waals surface area contributed by atoms with E-state index in [4.69, 9.17) is 14.2 Å². The first kappa shape index (κ1) is 27.4. The van der Waals surface area contributed by atoms with Gasteiger partial charge in [0.25, 0.3) is 0 Å². The number of hydrogen-bond donors (Lipinski definition) is 2. The van der Waals surface area contributed by atoms with E-state index in [2.05, 4.69) is 15.6 Å². The number of aryl methyl sites for hydroxylation is 2. The number of anilines is 2. The summed E-state index contributed by atoms with van der Waals surface area (Å²) in [6, 6.07) is 21.1. The molecule has 0 saturated heterocycles. The molecule has 41 heavy (non-hydrogen) atoms. The van der Waals surface area contributed by atoms with E-state index in [-0.39, 0.29) is 5.69 Å². The van der Waals surface area contributed by atoms with Gasteiger partial charge in [-0.05, 0) is 66.9 Å². The van der Waals surface area contributed by atoms with Crippen LogP contribution in [0.3, 0.4) is 0 Å². The van der Waals surface area contributed by atoms with Gasteiger partial charge in [-0.2, -0.15) is 0 Å². The molecule has 0 spiro atoms. The van der Waals surface area contributed by atoms with Gasteiger partial charge >= 0.3 is 6.03 Å². The lowest BCUT2D eigenvalue weighted by Gasteiger charge is -2.16. The van der Waals surface area contributed by atoms with Gasteiger partial charge in [0.2, 0.25) is 0 Å². The quantitative estimate of drug-likeness (QED) is 0.202. The van der Waals surface area contributed by atoms with Crippen LogP contribution in [0, 0.1) is 25.5 Å². The number of pyridine rings is 1. The molecular weight excluding hydrogens is 528 g/mol. The number of carbonyl (C=O) groups is 1. The van der Waals surface area contributed by atoms with E-state index in [1.165, 1.54) is 0 Å². The Bertz CT molecular complexity index is 1730. The minimum atomic E-state index is -0.868. The van der Waals surface area contributed by atoms with Crippen molar-refractivity contribution in [2.24, 2.45) is 0 Å². The van der Waals surface area contributed by atoms with Crippen LogP contribution >= 0.6 is 0 Å². The maximum Gasteiger partial charge on any atom is 0.323 e. The molecule has 5 aromatic rings.